The number of rotatable bonds is 4. The molecule has 1 atom stereocenters. The molecule has 10 heteroatoms. The minimum atomic E-state index is -4.67. The number of pyridine rings is 1. The van der Waals surface area contributed by atoms with Gasteiger partial charge in [-0.3, -0.25) is 9.88 Å². The lowest BCUT2D eigenvalue weighted by Gasteiger charge is -2.32. The number of aromatic nitrogens is 5. The minimum Gasteiger partial charge on any atom is -0.329 e. The highest BCUT2D eigenvalue weighted by molar-refractivity contribution is 5.49. The van der Waals surface area contributed by atoms with E-state index in [1.807, 2.05) is 6.07 Å². The number of piperidine rings is 1. The molecule has 1 unspecified atom stereocenters. The lowest BCUT2D eigenvalue weighted by molar-refractivity contribution is -0.159. The summed E-state index contributed by atoms with van der Waals surface area (Å²) in [7, 11) is 0. The van der Waals surface area contributed by atoms with Crippen molar-refractivity contribution < 1.29 is 17.7 Å². The Kier molecular flexibility index (Phi) is 5.03. The monoisotopic (exact) mass is 390 g/mol. The van der Waals surface area contributed by atoms with Crippen LogP contribution in [0, 0.1) is 0 Å². The molecule has 1 saturated heterocycles. The van der Waals surface area contributed by atoms with Crippen molar-refractivity contribution in [1.82, 2.24) is 30.0 Å². The van der Waals surface area contributed by atoms with Crippen LogP contribution in [0.1, 0.15) is 35.8 Å². The van der Waals surface area contributed by atoms with Gasteiger partial charge in [0.2, 0.25) is 5.82 Å². The normalized spacial score (nSPS) is 18.3. The molecule has 0 aliphatic carbocycles. The van der Waals surface area contributed by atoms with Crippen LogP contribution in [0.15, 0.2) is 41.6 Å². The standard InChI is InChI=1S/C18H17F3N6O/c19-18(20,21)17-25-16(26-28-17)15-6-13(3-4-24-15)14-2-1-5-27(10-14)9-12-7-22-11-23-8-12/h3-4,6-8,11,14H,1-2,5,9-10H2. The molecule has 0 N–H and O–H groups in total. The Morgan fingerprint density at radius 1 is 1.21 bits per heavy atom. The van der Waals surface area contributed by atoms with E-state index in [-0.39, 0.29) is 17.4 Å². The zero-order valence-corrected chi connectivity index (χ0v) is 14.8. The Balaban J connectivity index is 1.50. The topological polar surface area (TPSA) is 80.8 Å². The van der Waals surface area contributed by atoms with E-state index in [1.54, 1.807) is 24.7 Å². The number of hydrogen-bond donors (Lipinski definition) is 0. The molecule has 3 aromatic rings. The van der Waals surface area contributed by atoms with Gasteiger partial charge in [0.1, 0.15) is 12.0 Å². The van der Waals surface area contributed by atoms with Crippen LogP contribution in [0.2, 0.25) is 0 Å². The second kappa shape index (κ2) is 7.63. The van der Waals surface area contributed by atoms with Gasteiger partial charge in [0, 0.05) is 37.2 Å². The molecule has 3 aromatic heterocycles. The summed E-state index contributed by atoms with van der Waals surface area (Å²) in [5.41, 5.74) is 2.31. The fraction of sp³-hybridized carbons (Fsp3) is 0.389. The van der Waals surface area contributed by atoms with Gasteiger partial charge in [-0.1, -0.05) is 5.16 Å². The van der Waals surface area contributed by atoms with Gasteiger partial charge < -0.3 is 4.52 Å². The third kappa shape index (κ3) is 4.16. The van der Waals surface area contributed by atoms with Gasteiger partial charge in [-0.15, -0.1) is 0 Å². The van der Waals surface area contributed by atoms with Gasteiger partial charge in [-0.05, 0) is 43.0 Å². The molecule has 4 rings (SSSR count). The molecule has 0 spiro atoms. The highest BCUT2D eigenvalue weighted by Gasteiger charge is 2.38. The molecule has 0 saturated carbocycles. The second-order valence-electron chi connectivity index (χ2n) is 6.72. The Labute approximate surface area is 158 Å². The Morgan fingerprint density at radius 2 is 2.04 bits per heavy atom. The zero-order valence-electron chi connectivity index (χ0n) is 14.8. The molecule has 7 nitrogen and oxygen atoms in total. The van der Waals surface area contributed by atoms with Crippen LogP contribution in [-0.2, 0) is 12.7 Å². The number of hydrogen-bond acceptors (Lipinski definition) is 7. The Hall–Kier alpha value is -2.88. The predicted molar refractivity (Wildman–Crippen MR) is 91.8 cm³/mol. The highest BCUT2D eigenvalue weighted by Crippen LogP contribution is 2.31. The number of likely N-dealkylation sites (tertiary alicyclic amines) is 1. The zero-order chi connectivity index (χ0) is 19.6. The van der Waals surface area contributed by atoms with Gasteiger partial charge in [-0.2, -0.15) is 18.2 Å². The molecule has 0 amide bonds. The van der Waals surface area contributed by atoms with Crippen molar-refractivity contribution in [2.45, 2.75) is 31.5 Å². The maximum Gasteiger partial charge on any atom is 0.471 e. The number of alkyl halides is 3. The first-order chi connectivity index (χ1) is 13.5. The van der Waals surface area contributed by atoms with Crippen LogP contribution in [0.5, 0.6) is 0 Å². The lowest BCUT2D eigenvalue weighted by Crippen LogP contribution is -2.34. The van der Waals surface area contributed by atoms with Gasteiger partial charge in [0.25, 0.3) is 0 Å². The molecule has 0 radical (unpaired) electrons. The average molecular weight is 390 g/mol. The maximum atomic E-state index is 12.7. The van der Waals surface area contributed by atoms with Gasteiger partial charge in [-0.25, -0.2) is 9.97 Å². The summed E-state index contributed by atoms with van der Waals surface area (Å²) in [6.07, 6.45) is 4.02. The third-order valence-corrected chi connectivity index (χ3v) is 4.68. The van der Waals surface area contributed by atoms with Gasteiger partial charge in [0.15, 0.2) is 0 Å². The van der Waals surface area contributed by atoms with Crippen molar-refractivity contribution in [2.75, 3.05) is 13.1 Å². The van der Waals surface area contributed by atoms with E-state index in [9.17, 15) is 13.2 Å². The molecule has 0 aromatic carbocycles. The van der Waals surface area contributed by atoms with E-state index < -0.39 is 12.1 Å². The van der Waals surface area contributed by atoms with Gasteiger partial charge >= 0.3 is 12.1 Å². The van der Waals surface area contributed by atoms with E-state index in [1.165, 1.54) is 6.33 Å². The summed E-state index contributed by atoms with van der Waals surface area (Å²) in [5.74, 6) is -1.29. The Bertz CT molecular complexity index is 930. The smallest absolute Gasteiger partial charge is 0.329 e. The summed E-state index contributed by atoms with van der Waals surface area (Å²) in [6, 6.07) is 3.62. The minimum absolute atomic E-state index is 0.164. The summed E-state index contributed by atoms with van der Waals surface area (Å²) in [4.78, 5) is 17.9. The van der Waals surface area contributed by atoms with E-state index in [0.29, 0.717) is 0 Å². The van der Waals surface area contributed by atoms with Crippen LogP contribution in [0.25, 0.3) is 11.5 Å². The summed E-state index contributed by atoms with van der Waals surface area (Å²) in [5, 5.41) is 3.42. The lowest BCUT2D eigenvalue weighted by atomic mass is 9.90. The molecule has 28 heavy (non-hydrogen) atoms. The summed E-state index contributed by atoms with van der Waals surface area (Å²) < 4.78 is 42.3. The van der Waals surface area contributed by atoms with E-state index >= 15 is 0 Å². The largest absolute Gasteiger partial charge is 0.471 e. The van der Waals surface area contributed by atoms with Crippen molar-refractivity contribution in [3.8, 4) is 11.5 Å². The van der Waals surface area contributed by atoms with Crippen LogP contribution in [0.3, 0.4) is 0 Å². The van der Waals surface area contributed by atoms with Crippen LogP contribution >= 0.6 is 0 Å². The van der Waals surface area contributed by atoms with Crippen molar-refractivity contribution in [2.24, 2.45) is 0 Å². The van der Waals surface area contributed by atoms with Crippen LogP contribution in [-0.4, -0.2) is 43.1 Å². The summed E-state index contributed by atoms with van der Waals surface area (Å²) >= 11 is 0. The van der Waals surface area contributed by atoms with Gasteiger partial charge in [0.05, 0.1) is 0 Å². The van der Waals surface area contributed by atoms with Crippen molar-refractivity contribution >= 4 is 0 Å². The maximum absolute atomic E-state index is 12.7. The average Bonchev–Trinajstić information content (AvgIpc) is 3.20. The fourth-order valence-electron chi connectivity index (χ4n) is 3.41. The van der Waals surface area contributed by atoms with Crippen molar-refractivity contribution in [3.63, 3.8) is 0 Å². The second-order valence-corrected chi connectivity index (χ2v) is 6.72. The van der Waals surface area contributed by atoms with E-state index in [2.05, 4.69) is 34.5 Å². The molecular weight excluding hydrogens is 373 g/mol. The van der Waals surface area contributed by atoms with Crippen LogP contribution < -0.4 is 0 Å². The van der Waals surface area contributed by atoms with Crippen molar-refractivity contribution in [1.29, 1.82) is 0 Å². The third-order valence-electron chi connectivity index (χ3n) is 4.68. The Morgan fingerprint density at radius 3 is 2.79 bits per heavy atom. The summed E-state index contributed by atoms with van der Waals surface area (Å²) in [6.45, 7) is 2.57. The number of nitrogens with zero attached hydrogens (tertiary/aromatic N) is 6. The quantitative estimate of drug-likeness (QED) is 0.676. The first-order valence-corrected chi connectivity index (χ1v) is 8.82. The molecule has 1 aliphatic heterocycles. The molecule has 146 valence electrons. The molecule has 1 aliphatic rings. The van der Waals surface area contributed by atoms with E-state index in [0.717, 1.165) is 43.6 Å². The molecule has 0 bridgehead atoms. The number of halogens is 3. The van der Waals surface area contributed by atoms with Crippen molar-refractivity contribution in [3.05, 3.63) is 54.1 Å². The van der Waals surface area contributed by atoms with Crippen LogP contribution in [0.4, 0.5) is 13.2 Å². The SMILES string of the molecule is FC(F)(F)c1nc(-c2cc(C3CCCN(Cc4cncnc4)C3)ccn2)no1. The molecule has 4 heterocycles. The fourth-order valence-corrected chi connectivity index (χ4v) is 3.41. The molecule has 1 fully saturated rings. The highest BCUT2D eigenvalue weighted by atomic mass is 19.4. The predicted octanol–water partition coefficient (Wildman–Crippen LogP) is 3.32. The first-order valence-electron chi connectivity index (χ1n) is 8.82. The first kappa shape index (κ1) is 18.5. The van der Waals surface area contributed by atoms with E-state index in [4.69, 9.17) is 0 Å². The molecular formula is C18H17F3N6O.